The predicted molar refractivity (Wildman–Crippen MR) is 71.2 cm³/mol. The Hall–Kier alpha value is -0.920. The summed E-state index contributed by atoms with van der Waals surface area (Å²) in [6, 6.07) is 0. The molecule has 0 aromatic carbocycles. The van der Waals surface area contributed by atoms with Crippen molar-refractivity contribution in [1.29, 1.82) is 0 Å². The number of nitrogens with one attached hydrogen (secondary N) is 2. The largest absolute Gasteiger partial charge is 0.283 e. The Bertz CT molecular complexity index is 449. The molecule has 0 saturated carbocycles. The third-order valence-electron chi connectivity index (χ3n) is 2.67. The van der Waals surface area contributed by atoms with Gasteiger partial charge in [0.1, 0.15) is 0 Å². The number of nitrogens with zero attached hydrogens (tertiary/aromatic N) is 2. The van der Waals surface area contributed by atoms with E-state index < -0.39 is 10.2 Å². The van der Waals surface area contributed by atoms with E-state index in [9.17, 15) is 8.42 Å². The smallest absolute Gasteiger partial charge is 0.279 e. The molecule has 18 heavy (non-hydrogen) atoms. The van der Waals surface area contributed by atoms with Gasteiger partial charge in [-0.1, -0.05) is 13.8 Å². The molecular weight excluding hydrogens is 252 g/mol. The Morgan fingerprint density at radius 3 is 2.39 bits per heavy atom. The van der Waals surface area contributed by atoms with Crippen molar-refractivity contribution < 1.29 is 8.42 Å². The third-order valence-corrected chi connectivity index (χ3v) is 4.22. The van der Waals surface area contributed by atoms with Crippen LogP contribution < -0.4 is 4.72 Å². The van der Waals surface area contributed by atoms with Gasteiger partial charge < -0.3 is 0 Å². The number of aryl methyl sites for hydroxylation is 1. The van der Waals surface area contributed by atoms with Crippen LogP contribution in [0.2, 0.25) is 0 Å². The number of aromatic nitrogens is 2. The van der Waals surface area contributed by atoms with Gasteiger partial charge in [0.05, 0.1) is 6.20 Å². The summed E-state index contributed by atoms with van der Waals surface area (Å²) in [6.07, 6.45) is 3.26. The Kier molecular flexibility index (Phi) is 5.77. The average Bonchev–Trinajstić information content (AvgIpc) is 2.72. The van der Waals surface area contributed by atoms with Crippen LogP contribution in [0.15, 0.2) is 6.20 Å². The van der Waals surface area contributed by atoms with E-state index in [1.807, 2.05) is 20.8 Å². The van der Waals surface area contributed by atoms with Crippen molar-refractivity contribution in [2.24, 2.45) is 0 Å². The highest BCUT2D eigenvalue weighted by Crippen LogP contribution is 2.06. The fraction of sp³-hybridized carbons (Fsp3) is 0.727. The van der Waals surface area contributed by atoms with Crippen LogP contribution in [-0.2, 0) is 16.8 Å². The molecule has 6 nitrogen and oxygen atoms in total. The molecule has 0 amide bonds. The zero-order valence-electron chi connectivity index (χ0n) is 11.2. The third kappa shape index (κ3) is 4.08. The summed E-state index contributed by atoms with van der Waals surface area (Å²) in [5.74, 6) is 0. The maximum absolute atomic E-state index is 12.1. The number of aromatic amines is 1. The summed E-state index contributed by atoms with van der Waals surface area (Å²) >= 11 is 0. The van der Waals surface area contributed by atoms with Crippen LogP contribution in [0.25, 0.3) is 0 Å². The standard InChI is InChI=1S/C11H22N4O2S/c1-4-6-15(7-5-2)18(16,17)13-9-11-8-12-14-10(11)3/h8,13H,4-7,9H2,1-3H3,(H,12,14). The molecule has 0 aliphatic carbocycles. The molecule has 7 heteroatoms. The second-order valence-electron chi connectivity index (χ2n) is 4.25. The maximum atomic E-state index is 12.1. The van der Waals surface area contributed by atoms with Crippen LogP contribution in [0.1, 0.15) is 37.9 Å². The Morgan fingerprint density at radius 1 is 1.33 bits per heavy atom. The Balaban J connectivity index is 2.65. The summed E-state index contributed by atoms with van der Waals surface area (Å²) in [6.45, 7) is 7.18. The van der Waals surface area contributed by atoms with E-state index >= 15 is 0 Å². The lowest BCUT2D eigenvalue weighted by atomic mass is 10.3. The molecule has 104 valence electrons. The lowest BCUT2D eigenvalue weighted by molar-refractivity contribution is 0.401. The minimum absolute atomic E-state index is 0.272. The summed E-state index contributed by atoms with van der Waals surface area (Å²) in [5.41, 5.74) is 1.75. The van der Waals surface area contributed by atoms with E-state index in [0.29, 0.717) is 13.1 Å². The second-order valence-corrected chi connectivity index (χ2v) is 6.00. The van der Waals surface area contributed by atoms with Gasteiger partial charge in [-0.3, -0.25) is 5.10 Å². The first-order valence-corrected chi connectivity index (χ1v) is 7.68. The van der Waals surface area contributed by atoms with Gasteiger partial charge in [-0.2, -0.15) is 22.5 Å². The van der Waals surface area contributed by atoms with E-state index in [1.165, 1.54) is 4.31 Å². The minimum Gasteiger partial charge on any atom is -0.283 e. The van der Waals surface area contributed by atoms with Crippen molar-refractivity contribution in [3.05, 3.63) is 17.5 Å². The van der Waals surface area contributed by atoms with Gasteiger partial charge in [-0.05, 0) is 19.8 Å². The molecule has 1 aromatic rings. The highest BCUT2D eigenvalue weighted by atomic mass is 32.2. The summed E-state index contributed by atoms with van der Waals surface area (Å²) in [5, 5.41) is 6.65. The highest BCUT2D eigenvalue weighted by molar-refractivity contribution is 7.87. The number of hydrogen-bond acceptors (Lipinski definition) is 3. The van der Waals surface area contributed by atoms with Gasteiger partial charge in [0.15, 0.2) is 0 Å². The maximum Gasteiger partial charge on any atom is 0.279 e. The zero-order chi connectivity index (χ0) is 13.6. The molecule has 0 aliphatic rings. The predicted octanol–water partition coefficient (Wildman–Crippen LogP) is 1.17. The van der Waals surface area contributed by atoms with Gasteiger partial charge in [0.25, 0.3) is 10.2 Å². The highest BCUT2D eigenvalue weighted by Gasteiger charge is 2.20. The lowest BCUT2D eigenvalue weighted by Gasteiger charge is -2.21. The first kappa shape index (κ1) is 15.1. The van der Waals surface area contributed by atoms with Gasteiger partial charge >= 0.3 is 0 Å². The van der Waals surface area contributed by atoms with Crippen LogP contribution in [-0.4, -0.2) is 36.0 Å². The molecule has 0 aliphatic heterocycles. The van der Waals surface area contributed by atoms with Crippen molar-refractivity contribution >= 4 is 10.2 Å². The van der Waals surface area contributed by atoms with Crippen molar-refractivity contribution in [2.75, 3.05) is 13.1 Å². The molecule has 1 heterocycles. The van der Waals surface area contributed by atoms with Crippen LogP contribution in [0.5, 0.6) is 0 Å². The van der Waals surface area contributed by atoms with E-state index in [4.69, 9.17) is 0 Å². The first-order valence-electron chi connectivity index (χ1n) is 6.24. The normalized spacial score (nSPS) is 12.2. The SMILES string of the molecule is CCCN(CCC)S(=O)(=O)NCc1cn[nH]c1C. The molecule has 1 aromatic heterocycles. The zero-order valence-corrected chi connectivity index (χ0v) is 12.0. The summed E-state index contributed by atoms with van der Waals surface area (Å²) in [4.78, 5) is 0. The second kappa shape index (κ2) is 6.86. The quantitative estimate of drug-likeness (QED) is 0.747. The summed E-state index contributed by atoms with van der Waals surface area (Å²) in [7, 11) is -3.40. The number of H-pyrrole nitrogens is 1. The monoisotopic (exact) mass is 274 g/mol. The van der Waals surface area contributed by atoms with Crippen molar-refractivity contribution in [1.82, 2.24) is 19.2 Å². The van der Waals surface area contributed by atoms with Crippen LogP contribution in [0.4, 0.5) is 0 Å². The van der Waals surface area contributed by atoms with Crippen molar-refractivity contribution in [3.63, 3.8) is 0 Å². The molecule has 0 unspecified atom stereocenters. The summed E-state index contributed by atoms with van der Waals surface area (Å²) < 4.78 is 28.3. The van der Waals surface area contributed by atoms with Gasteiger partial charge in [-0.15, -0.1) is 0 Å². The topological polar surface area (TPSA) is 78.1 Å². The molecule has 1 rings (SSSR count). The number of rotatable bonds is 8. The van der Waals surface area contributed by atoms with Crippen LogP contribution in [0, 0.1) is 6.92 Å². The van der Waals surface area contributed by atoms with E-state index in [0.717, 1.165) is 24.1 Å². The molecule has 0 saturated heterocycles. The Morgan fingerprint density at radius 2 is 1.94 bits per heavy atom. The van der Waals surface area contributed by atoms with E-state index in [-0.39, 0.29) is 6.54 Å². The van der Waals surface area contributed by atoms with Crippen LogP contribution in [0.3, 0.4) is 0 Å². The molecule has 0 spiro atoms. The molecular formula is C11H22N4O2S. The van der Waals surface area contributed by atoms with Crippen molar-refractivity contribution in [2.45, 2.75) is 40.2 Å². The first-order chi connectivity index (χ1) is 8.51. The molecule has 0 atom stereocenters. The molecule has 2 N–H and O–H groups in total. The number of hydrogen-bond donors (Lipinski definition) is 2. The van der Waals surface area contributed by atoms with Crippen molar-refractivity contribution in [3.8, 4) is 0 Å². The lowest BCUT2D eigenvalue weighted by Crippen LogP contribution is -2.41. The molecule has 0 radical (unpaired) electrons. The molecule has 0 fully saturated rings. The average molecular weight is 274 g/mol. The molecule has 0 bridgehead atoms. The van der Waals surface area contributed by atoms with Gasteiger partial charge in [0.2, 0.25) is 0 Å². The van der Waals surface area contributed by atoms with Gasteiger partial charge in [-0.25, -0.2) is 0 Å². The minimum atomic E-state index is -3.40. The fourth-order valence-electron chi connectivity index (χ4n) is 1.67. The van der Waals surface area contributed by atoms with Gasteiger partial charge in [0, 0.05) is 30.9 Å². The van der Waals surface area contributed by atoms with E-state index in [2.05, 4.69) is 14.9 Å². The fourth-order valence-corrected chi connectivity index (χ4v) is 3.03. The van der Waals surface area contributed by atoms with Crippen LogP contribution >= 0.6 is 0 Å². The van der Waals surface area contributed by atoms with E-state index in [1.54, 1.807) is 6.20 Å². The Labute approximate surface area is 109 Å².